The lowest BCUT2D eigenvalue weighted by Crippen LogP contribution is -2.47. The predicted octanol–water partition coefficient (Wildman–Crippen LogP) is 1.68. The lowest BCUT2D eigenvalue weighted by molar-refractivity contribution is -0.141. The van der Waals surface area contributed by atoms with Crippen LogP contribution in [0.25, 0.3) is 0 Å². The first-order chi connectivity index (χ1) is 8.56. The summed E-state index contributed by atoms with van der Waals surface area (Å²) in [4.78, 5) is 24.8. The van der Waals surface area contributed by atoms with E-state index in [2.05, 4.69) is 12.2 Å². The summed E-state index contributed by atoms with van der Waals surface area (Å²) in [6.45, 7) is 3.81. The van der Waals surface area contributed by atoms with E-state index in [1.165, 1.54) is 6.42 Å². The third-order valence-corrected chi connectivity index (χ3v) is 4.05. The van der Waals surface area contributed by atoms with E-state index in [1.807, 2.05) is 4.90 Å². The second kappa shape index (κ2) is 5.59. The van der Waals surface area contributed by atoms with Crippen LogP contribution in [0.1, 0.15) is 39.0 Å². The number of carboxylic acid groups (broad SMARTS) is 1. The van der Waals surface area contributed by atoms with Crippen molar-refractivity contribution in [2.45, 2.75) is 45.1 Å². The molecule has 0 aromatic carbocycles. The first-order valence-electron chi connectivity index (χ1n) is 6.84. The van der Waals surface area contributed by atoms with Crippen molar-refractivity contribution in [3.63, 3.8) is 0 Å². The number of nitrogens with one attached hydrogen (secondary N) is 1. The lowest BCUT2D eigenvalue weighted by Gasteiger charge is -2.32. The molecule has 2 N–H and O–H groups in total. The molecule has 3 atom stereocenters. The van der Waals surface area contributed by atoms with E-state index < -0.39 is 5.97 Å². The van der Waals surface area contributed by atoms with Gasteiger partial charge in [-0.25, -0.2) is 4.79 Å². The van der Waals surface area contributed by atoms with Gasteiger partial charge in [-0.1, -0.05) is 6.92 Å². The number of amides is 2. The Morgan fingerprint density at radius 2 is 2.06 bits per heavy atom. The Morgan fingerprint density at radius 3 is 2.67 bits per heavy atom. The second-order valence-electron chi connectivity index (χ2n) is 5.69. The van der Waals surface area contributed by atoms with E-state index >= 15 is 0 Å². The van der Waals surface area contributed by atoms with Crippen LogP contribution in [-0.2, 0) is 4.79 Å². The minimum absolute atomic E-state index is 0.0161. The number of carbonyl (C=O) groups excluding carboxylic acids is 1. The third kappa shape index (κ3) is 3.15. The lowest BCUT2D eigenvalue weighted by atomic mass is 10.0. The number of carbonyl (C=O) groups is 2. The highest BCUT2D eigenvalue weighted by Gasteiger charge is 2.31. The number of carboxylic acids is 1. The van der Waals surface area contributed by atoms with Crippen molar-refractivity contribution in [1.29, 1.82) is 0 Å². The monoisotopic (exact) mass is 254 g/mol. The summed E-state index contributed by atoms with van der Waals surface area (Å²) in [6.07, 6.45) is 4.29. The zero-order valence-electron chi connectivity index (χ0n) is 10.9. The summed E-state index contributed by atoms with van der Waals surface area (Å²) in [5.41, 5.74) is 0. The smallest absolute Gasteiger partial charge is 0.317 e. The van der Waals surface area contributed by atoms with Crippen LogP contribution in [0, 0.1) is 11.8 Å². The van der Waals surface area contributed by atoms with Gasteiger partial charge in [-0.3, -0.25) is 4.79 Å². The molecule has 2 fully saturated rings. The minimum atomic E-state index is -0.738. The third-order valence-electron chi connectivity index (χ3n) is 4.05. The molecule has 0 aromatic rings. The maximum atomic E-state index is 12.0. The molecule has 102 valence electrons. The summed E-state index contributed by atoms with van der Waals surface area (Å²) in [6, 6.07) is 0.0217. The van der Waals surface area contributed by atoms with Gasteiger partial charge in [-0.2, -0.15) is 0 Å². The topological polar surface area (TPSA) is 69.6 Å². The van der Waals surface area contributed by atoms with Gasteiger partial charge < -0.3 is 15.3 Å². The molecule has 5 heteroatoms. The first kappa shape index (κ1) is 13.2. The fourth-order valence-electron chi connectivity index (χ4n) is 2.98. The van der Waals surface area contributed by atoms with Crippen LogP contribution in [0.2, 0.25) is 0 Å². The van der Waals surface area contributed by atoms with Crippen molar-refractivity contribution in [3.8, 4) is 0 Å². The Hall–Kier alpha value is -1.26. The van der Waals surface area contributed by atoms with Gasteiger partial charge in [0.25, 0.3) is 0 Å². The molecule has 18 heavy (non-hydrogen) atoms. The van der Waals surface area contributed by atoms with Gasteiger partial charge in [0.15, 0.2) is 0 Å². The summed E-state index contributed by atoms with van der Waals surface area (Å²) in [5, 5.41) is 11.9. The number of likely N-dealkylation sites (tertiary alicyclic amines) is 1. The van der Waals surface area contributed by atoms with E-state index in [0.29, 0.717) is 18.8 Å². The molecule has 1 heterocycles. The normalized spacial score (nSPS) is 32.3. The maximum Gasteiger partial charge on any atom is 0.317 e. The molecule has 0 bridgehead atoms. The predicted molar refractivity (Wildman–Crippen MR) is 67.3 cm³/mol. The molecule has 2 rings (SSSR count). The Bertz CT molecular complexity index is 332. The van der Waals surface area contributed by atoms with Gasteiger partial charge in [-0.05, 0) is 38.0 Å². The average Bonchev–Trinajstić information content (AvgIpc) is 2.77. The number of aliphatic carboxylic acids is 1. The van der Waals surface area contributed by atoms with Gasteiger partial charge in [-0.15, -0.1) is 0 Å². The summed E-state index contributed by atoms with van der Waals surface area (Å²) in [7, 11) is 0. The standard InChI is InChI=1S/C13H22N2O3/c1-9-3-2-6-15(8-9)13(18)14-11-5-4-10(7-11)12(16)17/h9-11H,2-8H2,1H3,(H,14,18)(H,16,17). The highest BCUT2D eigenvalue weighted by Crippen LogP contribution is 2.26. The van der Waals surface area contributed by atoms with Crippen molar-refractivity contribution in [1.82, 2.24) is 10.2 Å². The minimum Gasteiger partial charge on any atom is -0.481 e. The zero-order valence-corrected chi connectivity index (χ0v) is 10.9. The molecule has 0 radical (unpaired) electrons. The average molecular weight is 254 g/mol. The molecular weight excluding hydrogens is 232 g/mol. The number of nitrogens with zero attached hydrogens (tertiary/aromatic N) is 1. The Balaban J connectivity index is 1.79. The zero-order chi connectivity index (χ0) is 13.1. The fourth-order valence-corrected chi connectivity index (χ4v) is 2.98. The SMILES string of the molecule is CC1CCCN(C(=O)NC2CCC(C(=O)O)C2)C1. The molecule has 2 aliphatic rings. The molecule has 2 amide bonds. The van der Waals surface area contributed by atoms with E-state index in [4.69, 9.17) is 5.11 Å². The van der Waals surface area contributed by atoms with Crippen molar-refractivity contribution >= 4 is 12.0 Å². The van der Waals surface area contributed by atoms with Crippen molar-refractivity contribution < 1.29 is 14.7 Å². The summed E-state index contributed by atoms with van der Waals surface area (Å²) in [5.74, 6) is -0.450. The van der Waals surface area contributed by atoms with Crippen LogP contribution in [0.15, 0.2) is 0 Å². The van der Waals surface area contributed by atoms with E-state index in [0.717, 1.165) is 25.9 Å². The van der Waals surface area contributed by atoms with Gasteiger partial charge in [0.05, 0.1) is 5.92 Å². The molecular formula is C13H22N2O3. The summed E-state index contributed by atoms with van der Waals surface area (Å²) >= 11 is 0. The van der Waals surface area contributed by atoms with Crippen LogP contribution in [-0.4, -0.2) is 41.1 Å². The maximum absolute atomic E-state index is 12.0. The van der Waals surface area contributed by atoms with Crippen LogP contribution in [0.5, 0.6) is 0 Å². The first-order valence-corrected chi connectivity index (χ1v) is 6.84. The second-order valence-corrected chi connectivity index (χ2v) is 5.69. The van der Waals surface area contributed by atoms with E-state index in [9.17, 15) is 9.59 Å². The highest BCUT2D eigenvalue weighted by atomic mass is 16.4. The van der Waals surface area contributed by atoms with Crippen LogP contribution < -0.4 is 5.32 Å². The molecule has 5 nitrogen and oxygen atoms in total. The van der Waals surface area contributed by atoms with E-state index in [-0.39, 0.29) is 18.0 Å². The van der Waals surface area contributed by atoms with Crippen molar-refractivity contribution in [2.75, 3.05) is 13.1 Å². The number of hydrogen-bond donors (Lipinski definition) is 2. The largest absolute Gasteiger partial charge is 0.481 e. The molecule has 1 saturated heterocycles. The Kier molecular flexibility index (Phi) is 4.09. The number of piperidine rings is 1. The number of rotatable bonds is 2. The van der Waals surface area contributed by atoms with Crippen molar-refractivity contribution in [3.05, 3.63) is 0 Å². The quantitative estimate of drug-likeness (QED) is 0.787. The highest BCUT2D eigenvalue weighted by molar-refractivity contribution is 5.75. The molecule has 0 aromatic heterocycles. The molecule has 0 spiro atoms. The van der Waals surface area contributed by atoms with Gasteiger partial charge >= 0.3 is 12.0 Å². The van der Waals surface area contributed by atoms with Gasteiger partial charge in [0.1, 0.15) is 0 Å². The van der Waals surface area contributed by atoms with Crippen LogP contribution in [0.3, 0.4) is 0 Å². The Labute approximate surface area is 108 Å². The van der Waals surface area contributed by atoms with E-state index in [1.54, 1.807) is 0 Å². The molecule has 1 aliphatic heterocycles. The molecule has 1 saturated carbocycles. The molecule has 1 aliphatic carbocycles. The molecule has 3 unspecified atom stereocenters. The van der Waals surface area contributed by atoms with Crippen molar-refractivity contribution in [2.24, 2.45) is 11.8 Å². The Morgan fingerprint density at radius 1 is 1.28 bits per heavy atom. The van der Waals surface area contributed by atoms with Crippen LogP contribution in [0.4, 0.5) is 4.79 Å². The number of urea groups is 1. The number of hydrogen-bond acceptors (Lipinski definition) is 2. The fraction of sp³-hybridized carbons (Fsp3) is 0.846. The van der Waals surface area contributed by atoms with Crippen LogP contribution >= 0.6 is 0 Å². The van der Waals surface area contributed by atoms with Gasteiger partial charge in [0, 0.05) is 19.1 Å². The van der Waals surface area contributed by atoms with Gasteiger partial charge in [0.2, 0.25) is 0 Å². The summed E-state index contributed by atoms with van der Waals surface area (Å²) < 4.78 is 0.